The van der Waals surface area contributed by atoms with Crippen LogP contribution in [0.15, 0.2) is 65.5 Å². The molecule has 0 radical (unpaired) electrons. The first-order valence-corrected chi connectivity index (χ1v) is 9.93. The first-order chi connectivity index (χ1) is 14.0. The Bertz CT molecular complexity index is 1110. The third kappa shape index (κ3) is 4.13. The SMILES string of the molecule is O=C(c1ccccc1Cl)N1CCN(c2ccc(=O)n(-c3cccc(Cl)c3)n2)CC1. The molecule has 1 aliphatic heterocycles. The van der Waals surface area contributed by atoms with Crippen LogP contribution in [0.4, 0.5) is 5.82 Å². The lowest BCUT2D eigenvalue weighted by Crippen LogP contribution is -2.49. The second-order valence-corrected chi connectivity index (χ2v) is 7.52. The van der Waals surface area contributed by atoms with E-state index in [0.717, 1.165) is 0 Å². The van der Waals surface area contributed by atoms with Crippen molar-refractivity contribution in [2.24, 2.45) is 0 Å². The fourth-order valence-electron chi connectivity index (χ4n) is 3.31. The number of piperazine rings is 1. The number of carbonyl (C=O) groups is 1. The summed E-state index contributed by atoms with van der Waals surface area (Å²) in [4.78, 5) is 28.8. The molecule has 1 amide bonds. The molecule has 0 spiro atoms. The van der Waals surface area contributed by atoms with Crippen LogP contribution < -0.4 is 10.5 Å². The molecule has 0 aliphatic carbocycles. The predicted octanol–water partition coefficient (Wildman–Crippen LogP) is 3.50. The van der Waals surface area contributed by atoms with Crippen LogP contribution in [0.2, 0.25) is 10.0 Å². The minimum atomic E-state index is -0.233. The van der Waals surface area contributed by atoms with Gasteiger partial charge >= 0.3 is 0 Å². The van der Waals surface area contributed by atoms with Crippen LogP contribution in [0.25, 0.3) is 5.69 Å². The molecule has 1 aliphatic rings. The zero-order valence-electron chi connectivity index (χ0n) is 15.5. The molecule has 2 heterocycles. The van der Waals surface area contributed by atoms with Crippen LogP contribution in [-0.4, -0.2) is 46.8 Å². The van der Waals surface area contributed by atoms with E-state index < -0.39 is 0 Å². The average Bonchev–Trinajstić information content (AvgIpc) is 2.74. The van der Waals surface area contributed by atoms with Gasteiger partial charge in [-0.3, -0.25) is 9.59 Å². The highest BCUT2D eigenvalue weighted by atomic mass is 35.5. The molecule has 1 fully saturated rings. The lowest BCUT2D eigenvalue weighted by molar-refractivity contribution is 0.0746. The van der Waals surface area contributed by atoms with Gasteiger partial charge in [-0.1, -0.05) is 41.4 Å². The van der Waals surface area contributed by atoms with Gasteiger partial charge in [-0.2, -0.15) is 4.68 Å². The maximum atomic E-state index is 12.7. The topological polar surface area (TPSA) is 58.4 Å². The van der Waals surface area contributed by atoms with Gasteiger partial charge in [0.2, 0.25) is 0 Å². The zero-order valence-corrected chi connectivity index (χ0v) is 17.0. The predicted molar refractivity (Wildman–Crippen MR) is 114 cm³/mol. The third-order valence-electron chi connectivity index (χ3n) is 4.83. The molecular formula is C21H18Cl2N4O2. The largest absolute Gasteiger partial charge is 0.352 e. The molecule has 0 saturated carbocycles. The van der Waals surface area contributed by atoms with Gasteiger partial charge in [0.25, 0.3) is 11.5 Å². The van der Waals surface area contributed by atoms with Gasteiger partial charge in [-0.15, -0.1) is 5.10 Å². The van der Waals surface area contributed by atoms with Crippen molar-refractivity contribution in [2.45, 2.75) is 0 Å². The van der Waals surface area contributed by atoms with Crippen LogP contribution in [-0.2, 0) is 0 Å². The quantitative estimate of drug-likeness (QED) is 0.640. The first kappa shape index (κ1) is 19.5. The smallest absolute Gasteiger partial charge is 0.271 e. The van der Waals surface area contributed by atoms with Gasteiger partial charge in [0.05, 0.1) is 16.3 Å². The summed E-state index contributed by atoms with van der Waals surface area (Å²) in [5.41, 5.74) is 0.885. The summed E-state index contributed by atoms with van der Waals surface area (Å²) >= 11 is 12.2. The van der Waals surface area contributed by atoms with Crippen molar-refractivity contribution in [1.29, 1.82) is 0 Å². The maximum absolute atomic E-state index is 12.7. The van der Waals surface area contributed by atoms with E-state index in [-0.39, 0.29) is 11.5 Å². The molecule has 148 valence electrons. The molecule has 6 nitrogen and oxygen atoms in total. The molecule has 0 unspecified atom stereocenters. The summed E-state index contributed by atoms with van der Waals surface area (Å²) in [6, 6.07) is 17.2. The lowest BCUT2D eigenvalue weighted by Gasteiger charge is -2.35. The highest BCUT2D eigenvalue weighted by molar-refractivity contribution is 6.33. The standard InChI is InChI=1S/C21H18Cl2N4O2/c22-15-4-3-5-16(14-15)27-20(28)9-8-19(24-27)25-10-12-26(13-11-25)21(29)17-6-1-2-7-18(17)23/h1-9,14H,10-13H2. The zero-order chi connectivity index (χ0) is 20.4. The summed E-state index contributed by atoms with van der Waals surface area (Å²) in [6.07, 6.45) is 0. The van der Waals surface area contributed by atoms with E-state index in [1.165, 1.54) is 10.7 Å². The molecule has 2 aromatic carbocycles. The molecule has 8 heteroatoms. The molecule has 1 aromatic heterocycles. The van der Waals surface area contributed by atoms with Gasteiger partial charge in [-0.25, -0.2) is 0 Å². The number of anilines is 1. The fourth-order valence-corrected chi connectivity index (χ4v) is 3.71. The van der Waals surface area contributed by atoms with Crippen LogP contribution in [0.1, 0.15) is 10.4 Å². The number of carbonyl (C=O) groups excluding carboxylic acids is 1. The van der Waals surface area contributed by atoms with E-state index in [1.54, 1.807) is 59.5 Å². The highest BCUT2D eigenvalue weighted by Gasteiger charge is 2.24. The van der Waals surface area contributed by atoms with Crippen molar-refractivity contribution in [3.8, 4) is 5.69 Å². The number of nitrogens with zero attached hydrogens (tertiary/aromatic N) is 4. The lowest BCUT2D eigenvalue weighted by atomic mass is 10.2. The number of amides is 1. The van der Waals surface area contributed by atoms with E-state index in [4.69, 9.17) is 23.2 Å². The Balaban J connectivity index is 1.50. The van der Waals surface area contributed by atoms with Gasteiger partial charge in [-0.05, 0) is 36.4 Å². The summed E-state index contributed by atoms with van der Waals surface area (Å²) in [6.45, 7) is 2.30. The Labute approximate surface area is 177 Å². The normalized spacial score (nSPS) is 14.1. The van der Waals surface area contributed by atoms with Crippen molar-refractivity contribution in [1.82, 2.24) is 14.7 Å². The monoisotopic (exact) mass is 428 g/mol. The highest BCUT2D eigenvalue weighted by Crippen LogP contribution is 2.20. The number of hydrogen-bond donors (Lipinski definition) is 0. The average molecular weight is 429 g/mol. The molecule has 0 bridgehead atoms. The summed E-state index contributed by atoms with van der Waals surface area (Å²) < 4.78 is 1.34. The number of halogens is 2. The summed E-state index contributed by atoms with van der Waals surface area (Å²) in [7, 11) is 0. The van der Waals surface area contributed by atoms with Crippen molar-refractivity contribution < 1.29 is 4.79 Å². The first-order valence-electron chi connectivity index (χ1n) is 9.18. The molecular weight excluding hydrogens is 411 g/mol. The fraction of sp³-hybridized carbons (Fsp3) is 0.190. The second-order valence-electron chi connectivity index (χ2n) is 6.68. The molecule has 0 atom stereocenters. The van der Waals surface area contributed by atoms with Gasteiger partial charge in [0.1, 0.15) is 5.82 Å². The summed E-state index contributed by atoms with van der Waals surface area (Å²) in [5.74, 6) is 0.599. The minimum absolute atomic E-state index is 0.0768. The number of rotatable bonds is 3. The van der Waals surface area contributed by atoms with E-state index in [0.29, 0.717) is 53.3 Å². The number of aromatic nitrogens is 2. The van der Waals surface area contributed by atoms with Crippen LogP contribution in [0.5, 0.6) is 0 Å². The van der Waals surface area contributed by atoms with Crippen LogP contribution in [0.3, 0.4) is 0 Å². The van der Waals surface area contributed by atoms with Crippen molar-refractivity contribution in [3.63, 3.8) is 0 Å². The summed E-state index contributed by atoms with van der Waals surface area (Å²) in [5, 5.41) is 5.49. The van der Waals surface area contributed by atoms with Gasteiger partial charge in [0.15, 0.2) is 0 Å². The van der Waals surface area contributed by atoms with Gasteiger partial charge in [0, 0.05) is 37.3 Å². The number of benzene rings is 2. The number of hydrogen-bond acceptors (Lipinski definition) is 4. The van der Waals surface area contributed by atoms with E-state index in [1.807, 2.05) is 0 Å². The Morgan fingerprint density at radius 2 is 1.66 bits per heavy atom. The third-order valence-corrected chi connectivity index (χ3v) is 5.40. The second kappa shape index (κ2) is 8.27. The molecule has 4 rings (SSSR count). The Kier molecular flexibility index (Phi) is 5.56. The Morgan fingerprint density at radius 1 is 0.897 bits per heavy atom. The van der Waals surface area contributed by atoms with Crippen LogP contribution in [0, 0.1) is 0 Å². The minimum Gasteiger partial charge on any atom is -0.352 e. The Hall–Kier alpha value is -2.83. The molecule has 0 N–H and O–H groups in total. The van der Waals surface area contributed by atoms with Crippen LogP contribution >= 0.6 is 23.2 Å². The molecule has 1 saturated heterocycles. The van der Waals surface area contributed by atoms with E-state index in [2.05, 4.69) is 10.00 Å². The van der Waals surface area contributed by atoms with Crippen molar-refractivity contribution in [2.75, 3.05) is 31.1 Å². The Morgan fingerprint density at radius 3 is 2.38 bits per heavy atom. The molecule has 29 heavy (non-hydrogen) atoms. The van der Waals surface area contributed by atoms with Gasteiger partial charge < -0.3 is 9.80 Å². The van der Waals surface area contributed by atoms with E-state index >= 15 is 0 Å². The van der Waals surface area contributed by atoms with Crippen molar-refractivity contribution >= 4 is 34.9 Å². The molecule has 3 aromatic rings. The maximum Gasteiger partial charge on any atom is 0.271 e. The van der Waals surface area contributed by atoms with E-state index in [9.17, 15) is 9.59 Å². The van der Waals surface area contributed by atoms with Crippen molar-refractivity contribution in [3.05, 3.63) is 86.6 Å².